The fraction of sp³-hybridized carbons (Fsp3) is 0.438. The maximum absolute atomic E-state index is 15.1. The molecule has 0 radical (unpaired) electrons. The first-order valence-electron chi connectivity index (χ1n) is 21.5. The minimum atomic E-state index is -4.48. The number of esters is 2. The first-order valence-corrected chi connectivity index (χ1v) is 23.0. The predicted molar refractivity (Wildman–Crippen MR) is 243 cm³/mol. The van der Waals surface area contributed by atoms with Crippen molar-refractivity contribution >= 4 is 56.6 Å². The van der Waals surface area contributed by atoms with E-state index in [1.54, 1.807) is 109 Å². The number of methoxy groups -OCH3 is 1. The molecule has 1 aromatic heterocycles. The lowest BCUT2D eigenvalue weighted by atomic mass is 9.86. The van der Waals surface area contributed by atoms with Crippen LogP contribution in [-0.4, -0.2) is 97.1 Å². The van der Waals surface area contributed by atoms with Crippen molar-refractivity contribution < 1.29 is 51.3 Å². The van der Waals surface area contributed by atoms with Crippen molar-refractivity contribution in [1.82, 2.24) is 20.1 Å². The second kappa shape index (κ2) is 18.6. The molecule has 0 saturated carbocycles. The molecule has 0 aliphatic carbocycles. The Labute approximate surface area is 380 Å². The van der Waals surface area contributed by atoms with Gasteiger partial charge in [-0.3, -0.25) is 9.69 Å². The van der Waals surface area contributed by atoms with Crippen molar-refractivity contribution in [2.45, 2.75) is 121 Å². The van der Waals surface area contributed by atoms with Gasteiger partial charge >= 0.3 is 24.1 Å². The van der Waals surface area contributed by atoms with Crippen LogP contribution in [0.3, 0.4) is 0 Å². The Hall–Kier alpha value is -6.36. The minimum Gasteiger partial charge on any atom is -0.460 e. The van der Waals surface area contributed by atoms with Crippen molar-refractivity contribution in [2.24, 2.45) is 5.92 Å². The van der Waals surface area contributed by atoms with Crippen LogP contribution in [0.25, 0.3) is 10.9 Å². The molecule has 16 nitrogen and oxygen atoms in total. The summed E-state index contributed by atoms with van der Waals surface area (Å²) in [5, 5.41) is 6.13. The van der Waals surface area contributed by atoms with Crippen LogP contribution in [-0.2, 0) is 55.3 Å². The molecular formula is C48H59N5O11S. The molecule has 6 rings (SSSR count). The fourth-order valence-electron chi connectivity index (χ4n) is 8.63. The van der Waals surface area contributed by atoms with Crippen molar-refractivity contribution in [3.05, 3.63) is 109 Å². The Morgan fingerprint density at radius 3 is 2.15 bits per heavy atom. The number of ether oxygens (including phenoxy) is 4. The van der Waals surface area contributed by atoms with Crippen molar-refractivity contribution in [3.8, 4) is 0 Å². The van der Waals surface area contributed by atoms with E-state index >= 15 is 8.42 Å². The Morgan fingerprint density at radius 2 is 1.52 bits per heavy atom. The number of sulfonamides is 1. The highest BCUT2D eigenvalue weighted by Crippen LogP contribution is 2.58. The van der Waals surface area contributed by atoms with E-state index in [1.807, 2.05) is 23.6 Å². The molecule has 2 N–H and O–H groups in total. The molecule has 0 bridgehead atoms. The average molecular weight is 914 g/mol. The van der Waals surface area contributed by atoms with Crippen LogP contribution in [0.5, 0.6) is 0 Å². The molecule has 3 amide bonds. The van der Waals surface area contributed by atoms with Gasteiger partial charge in [-0.05, 0) is 77.3 Å². The van der Waals surface area contributed by atoms with E-state index in [2.05, 4.69) is 17.2 Å². The molecule has 65 heavy (non-hydrogen) atoms. The molecule has 0 spiro atoms. The minimum absolute atomic E-state index is 0.0531. The van der Waals surface area contributed by atoms with Gasteiger partial charge in [0.2, 0.25) is 5.91 Å². The van der Waals surface area contributed by atoms with Crippen molar-refractivity contribution in [2.75, 3.05) is 18.0 Å². The monoisotopic (exact) mass is 913 g/mol. The van der Waals surface area contributed by atoms with Gasteiger partial charge in [-0.1, -0.05) is 87.5 Å². The molecule has 17 heteroatoms. The zero-order chi connectivity index (χ0) is 47.6. The standard InChI is InChI=1S/C48H59N5O11S/c1-11-26-62-41(55)35(49-40(54)39(30(3)12-2)50-44(57)64-47(7,8)9)27-31-29-51(36-24-18-16-22-33(31)36)48-28-38(42(56)63-46(4,5)6)52(45(58)61-10)43(48)53(37-25-19-17-23-34(37)48)65(59,60)32-20-14-13-15-21-32/h11,13-25,29-30,35,38-39,43H,1,12,26-28H2,2-10H3,(H,49,54)(H,50,57)/t30-,35-,38-,39-,43-,48-/m0/s1. The third-order valence-electron chi connectivity index (χ3n) is 11.5. The molecule has 1 fully saturated rings. The van der Waals surface area contributed by atoms with E-state index in [0.29, 0.717) is 28.5 Å². The third kappa shape index (κ3) is 9.56. The number of anilines is 1. The van der Waals surface area contributed by atoms with Gasteiger partial charge in [-0.15, -0.1) is 0 Å². The maximum Gasteiger partial charge on any atom is 0.412 e. The second-order valence-electron chi connectivity index (χ2n) is 18.3. The van der Waals surface area contributed by atoms with Gasteiger partial charge in [0.25, 0.3) is 10.0 Å². The smallest absolute Gasteiger partial charge is 0.412 e. The summed E-state index contributed by atoms with van der Waals surface area (Å²) in [7, 11) is -3.33. The normalized spacial score (nSPS) is 19.6. The third-order valence-corrected chi connectivity index (χ3v) is 13.3. The number of likely N-dealkylation sites (tertiary alicyclic amines) is 1. The summed E-state index contributed by atoms with van der Waals surface area (Å²) in [5.41, 5.74) is -1.52. The van der Waals surface area contributed by atoms with E-state index in [4.69, 9.17) is 18.9 Å². The van der Waals surface area contributed by atoms with Crippen molar-refractivity contribution in [1.29, 1.82) is 0 Å². The number of nitrogens with one attached hydrogen (secondary N) is 2. The zero-order valence-corrected chi connectivity index (χ0v) is 39.1. The Balaban J connectivity index is 1.56. The molecule has 0 unspecified atom stereocenters. The maximum atomic E-state index is 15.1. The van der Waals surface area contributed by atoms with E-state index in [1.165, 1.54) is 22.5 Å². The number of carbonyl (C=O) groups excluding carboxylic acids is 5. The van der Waals surface area contributed by atoms with Crippen LogP contribution in [0.15, 0.2) is 103 Å². The number of fused-ring (bicyclic) bond motifs is 4. The SMILES string of the molecule is C=CCOC(=O)[C@H](Cc1cn([C@]23C[C@@H](C(=O)OC(C)(C)C)N(C(=O)OC)[C@H]2N(S(=O)(=O)c2ccccc2)c2ccccc23)c2ccccc12)NC(=O)[C@@H](NC(=O)OC(C)(C)C)[C@@H](C)CC. The quantitative estimate of drug-likeness (QED) is 0.0769. The fourth-order valence-corrected chi connectivity index (χ4v) is 10.3. The van der Waals surface area contributed by atoms with Gasteiger partial charge in [-0.25, -0.2) is 31.9 Å². The van der Waals surface area contributed by atoms with Gasteiger partial charge in [0, 0.05) is 35.5 Å². The number of amides is 3. The lowest BCUT2D eigenvalue weighted by Gasteiger charge is -2.38. The Bertz CT molecular complexity index is 2560. The highest BCUT2D eigenvalue weighted by Gasteiger charge is 2.68. The summed E-state index contributed by atoms with van der Waals surface area (Å²) >= 11 is 0. The largest absolute Gasteiger partial charge is 0.460 e. The predicted octanol–water partition coefficient (Wildman–Crippen LogP) is 6.80. The van der Waals surface area contributed by atoms with E-state index in [0.717, 1.165) is 12.0 Å². The second-order valence-corrected chi connectivity index (χ2v) is 20.1. The molecule has 348 valence electrons. The van der Waals surface area contributed by atoms with Crippen LogP contribution in [0.4, 0.5) is 15.3 Å². The molecule has 2 aliphatic heterocycles. The Kier molecular flexibility index (Phi) is 13.8. The number of rotatable bonds is 14. The number of aromatic nitrogens is 1. The molecule has 3 heterocycles. The molecule has 3 aromatic carbocycles. The van der Waals surface area contributed by atoms with Crippen LogP contribution >= 0.6 is 0 Å². The highest BCUT2D eigenvalue weighted by atomic mass is 32.2. The van der Waals surface area contributed by atoms with Gasteiger partial charge in [-0.2, -0.15) is 0 Å². The number of hydrogen-bond donors (Lipinski definition) is 2. The lowest BCUT2D eigenvalue weighted by molar-refractivity contribution is -0.160. The van der Waals surface area contributed by atoms with Gasteiger partial charge in [0.05, 0.1) is 17.7 Å². The number of carbonyl (C=O) groups is 5. The summed E-state index contributed by atoms with van der Waals surface area (Å²) in [6.45, 7) is 17.4. The molecule has 6 atom stereocenters. The Morgan fingerprint density at radius 1 is 0.892 bits per heavy atom. The van der Waals surface area contributed by atoms with Crippen molar-refractivity contribution in [3.63, 3.8) is 0 Å². The van der Waals surface area contributed by atoms with Gasteiger partial charge < -0.3 is 34.1 Å². The summed E-state index contributed by atoms with van der Waals surface area (Å²) in [4.78, 5) is 70.8. The van der Waals surface area contributed by atoms with E-state index < -0.39 is 81.1 Å². The van der Waals surface area contributed by atoms with Crippen LogP contribution in [0.2, 0.25) is 0 Å². The number of benzene rings is 3. The lowest BCUT2D eigenvalue weighted by Crippen LogP contribution is -2.57. The van der Waals surface area contributed by atoms with E-state index in [9.17, 15) is 24.0 Å². The summed E-state index contributed by atoms with van der Waals surface area (Å²) < 4.78 is 55.5. The van der Waals surface area contributed by atoms with E-state index in [-0.39, 0.29) is 35.9 Å². The topological polar surface area (TPSA) is 192 Å². The summed E-state index contributed by atoms with van der Waals surface area (Å²) in [5.74, 6) is -2.57. The number of hydrogen-bond acceptors (Lipinski definition) is 11. The van der Waals surface area contributed by atoms with Crippen LogP contribution in [0, 0.1) is 5.92 Å². The molecule has 4 aromatic rings. The highest BCUT2D eigenvalue weighted by molar-refractivity contribution is 7.92. The summed E-state index contributed by atoms with van der Waals surface area (Å²) in [6, 6.07) is 18.1. The van der Waals surface area contributed by atoms with Gasteiger partial charge in [0.1, 0.15) is 41.5 Å². The first-order chi connectivity index (χ1) is 30.6. The molecule has 1 saturated heterocycles. The first kappa shape index (κ1) is 48.1. The number of nitrogens with zero attached hydrogens (tertiary/aromatic N) is 3. The van der Waals surface area contributed by atoms with Crippen LogP contribution < -0.4 is 14.9 Å². The number of para-hydroxylation sites is 2. The zero-order valence-electron chi connectivity index (χ0n) is 38.3. The van der Waals surface area contributed by atoms with Crippen LogP contribution in [0.1, 0.15) is 79.4 Å². The van der Waals surface area contributed by atoms with Gasteiger partial charge in [0.15, 0.2) is 6.17 Å². The molecule has 2 aliphatic rings. The summed E-state index contributed by atoms with van der Waals surface area (Å²) in [6.07, 6.45) is 0.145. The average Bonchev–Trinajstić information content (AvgIpc) is 3.89. The number of alkyl carbamates (subject to hydrolysis) is 1. The molecular weight excluding hydrogens is 855 g/mol.